The van der Waals surface area contributed by atoms with Crippen LogP contribution in [0.3, 0.4) is 0 Å². The van der Waals surface area contributed by atoms with Crippen LogP contribution in [0.2, 0.25) is 0 Å². The van der Waals surface area contributed by atoms with Crippen LogP contribution in [-0.4, -0.2) is 41.3 Å². The second-order valence-corrected chi connectivity index (χ2v) is 9.47. The van der Waals surface area contributed by atoms with Gasteiger partial charge in [-0.1, -0.05) is 24.3 Å². The second kappa shape index (κ2) is 9.87. The highest BCUT2D eigenvalue weighted by Gasteiger charge is 2.43. The van der Waals surface area contributed by atoms with Crippen molar-refractivity contribution in [3.05, 3.63) is 41.5 Å². The maximum Gasteiger partial charge on any atom is 0.420 e. The quantitative estimate of drug-likeness (QED) is 0.464. The van der Waals surface area contributed by atoms with Gasteiger partial charge in [-0.2, -0.15) is 26.3 Å². The molecule has 35 heavy (non-hydrogen) atoms. The molecule has 0 aromatic heterocycles. The molecule has 1 heterocycles. The molecule has 0 unspecified atom stereocenters. The summed E-state index contributed by atoms with van der Waals surface area (Å²) in [6.07, 6.45) is -9.14. The van der Waals surface area contributed by atoms with Crippen LogP contribution in [0.5, 0.6) is 5.75 Å². The summed E-state index contributed by atoms with van der Waals surface area (Å²) in [7, 11) is 0. The molecule has 1 saturated heterocycles. The van der Waals surface area contributed by atoms with Gasteiger partial charge >= 0.3 is 18.3 Å². The van der Waals surface area contributed by atoms with Crippen LogP contribution in [0.15, 0.2) is 30.3 Å². The van der Waals surface area contributed by atoms with Crippen LogP contribution in [0, 0.1) is 11.8 Å². The molecule has 10 heteroatoms. The highest BCUT2D eigenvalue weighted by molar-refractivity contribution is 5.91. The fourth-order valence-corrected chi connectivity index (χ4v) is 5.21. The van der Waals surface area contributed by atoms with E-state index in [4.69, 9.17) is 4.74 Å². The molecule has 192 valence electrons. The fourth-order valence-electron chi connectivity index (χ4n) is 5.21. The van der Waals surface area contributed by atoms with Crippen molar-refractivity contribution in [1.82, 2.24) is 4.90 Å². The van der Waals surface area contributed by atoms with Crippen molar-refractivity contribution in [1.29, 1.82) is 0 Å². The summed E-state index contributed by atoms with van der Waals surface area (Å²) in [5, 5.41) is 9.60. The van der Waals surface area contributed by atoms with Crippen LogP contribution in [0.25, 0.3) is 10.8 Å². The number of likely N-dealkylation sites (tertiary alicyclic amines) is 1. The number of rotatable bonds is 5. The molecule has 0 radical (unpaired) electrons. The van der Waals surface area contributed by atoms with Gasteiger partial charge in [-0.05, 0) is 68.6 Å². The van der Waals surface area contributed by atoms with Crippen molar-refractivity contribution in [3.8, 4) is 5.75 Å². The number of carbonyl (C=O) groups is 1. The number of hydrogen-bond donors (Lipinski definition) is 1. The highest BCUT2D eigenvalue weighted by Crippen LogP contribution is 2.45. The molecule has 0 bridgehead atoms. The lowest BCUT2D eigenvalue weighted by molar-refractivity contribution is -0.185. The summed E-state index contributed by atoms with van der Waals surface area (Å²) >= 11 is 0. The Bertz CT molecular complexity index is 1050. The van der Waals surface area contributed by atoms with Crippen LogP contribution in [-0.2, 0) is 17.5 Å². The minimum absolute atomic E-state index is 0.0156. The van der Waals surface area contributed by atoms with Gasteiger partial charge in [-0.25, -0.2) is 0 Å². The summed E-state index contributed by atoms with van der Waals surface area (Å²) in [6.45, 7) is 1.16. The van der Waals surface area contributed by atoms with Crippen LogP contribution >= 0.6 is 0 Å². The minimum Gasteiger partial charge on any atom is -0.490 e. The van der Waals surface area contributed by atoms with E-state index >= 15 is 0 Å². The normalized spacial score (nSPS) is 22.9. The standard InChI is InChI=1S/C25H27F6NO3/c26-24(27,28)18-5-7-19(8-6-18)35-20-9-4-15-2-1-3-17(21(15)22(20)25(29,30)31)14-32-12-10-16(11-13-32)23(33)34/h1-4,9,16,18-19H,5-8,10-14H2,(H,33,34)/t18-,19+. The van der Waals surface area contributed by atoms with E-state index in [1.807, 2.05) is 4.90 Å². The van der Waals surface area contributed by atoms with E-state index in [0.717, 1.165) is 0 Å². The van der Waals surface area contributed by atoms with Gasteiger partial charge in [0.25, 0.3) is 0 Å². The number of benzene rings is 2. The van der Waals surface area contributed by atoms with Crippen LogP contribution in [0.1, 0.15) is 49.7 Å². The number of carboxylic acids is 1. The third-order valence-electron chi connectivity index (χ3n) is 7.14. The van der Waals surface area contributed by atoms with Crippen molar-refractivity contribution in [2.24, 2.45) is 11.8 Å². The van der Waals surface area contributed by atoms with Crippen molar-refractivity contribution in [2.75, 3.05) is 13.1 Å². The predicted octanol–water partition coefficient (Wildman–Crippen LogP) is 6.66. The Balaban J connectivity index is 1.61. The molecule has 1 N–H and O–H groups in total. The van der Waals surface area contributed by atoms with E-state index in [1.165, 1.54) is 6.07 Å². The summed E-state index contributed by atoms with van der Waals surface area (Å²) in [4.78, 5) is 13.1. The Labute approximate surface area is 198 Å². The number of hydrogen-bond acceptors (Lipinski definition) is 3. The molecule has 4 rings (SSSR count). The van der Waals surface area contributed by atoms with Gasteiger partial charge in [0.15, 0.2) is 0 Å². The number of carboxylic acid groups (broad SMARTS) is 1. The lowest BCUT2D eigenvalue weighted by atomic mass is 9.87. The zero-order valence-electron chi connectivity index (χ0n) is 19.0. The fraction of sp³-hybridized carbons (Fsp3) is 0.560. The molecular weight excluding hydrogens is 476 g/mol. The van der Waals surface area contributed by atoms with Crippen molar-refractivity contribution in [2.45, 2.75) is 63.5 Å². The van der Waals surface area contributed by atoms with Gasteiger partial charge in [0.05, 0.1) is 17.9 Å². The second-order valence-electron chi connectivity index (χ2n) is 9.47. The smallest absolute Gasteiger partial charge is 0.420 e. The monoisotopic (exact) mass is 503 g/mol. The number of aliphatic carboxylic acids is 1. The number of piperidine rings is 1. The minimum atomic E-state index is -4.73. The Hall–Kier alpha value is -2.49. The van der Waals surface area contributed by atoms with Gasteiger partial charge < -0.3 is 9.84 Å². The first-order valence-electron chi connectivity index (χ1n) is 11.7. The Morgan fingerprint density at radius 3 is 2.17 bits per heavy atom. The van der Waals surface area contributed by atoms with Crippen molar-refractivity contribution < 1.29 is 41.0 Å². The van der Waals surface area contributed by atoms with E-state index < -0.39 is 41.8 Å². The third-order valence-corrected chi connectivity index (χ3v) is 7.14. The third kappa shape index (κ3) is 5.85. The van der Waals surface area contributed by atoms with E-state index in [2.05, 4.69) is 0 Å². The molecule has 1 saturated carbocycles. The first-order valence-corrected chi connectivity index (χ1v) is 11.7. The van der Waals surface area contributed by atoms with Crippen molar-refractivity contribution >= 4 is 16.7 Å². The molecule has 2 aliphatic rings. The molecule has 1 aliphatic carbocycles. The largest absolute Gasteiger partial charge is 0.490 e. The van der Waals surface area contributed by atoms with Gasteiger partial charge in [0.2, 0.25) is 0 Å². The van der Waals surface area contributed by atoms with Crippen LogP contribution < -0.4 is 4.74 Å². The Morgan fingerprint density at radius 1 is 0.943 bits per heavy atom. The van der Waals surface area contributed by atoms with E-state index in [1.54, 1.807) is 24.3 Å². The lowest BCUT2D eigenvalue weighted by Gasteiger charge is -2.32. The number of nitrogens with zero attached hydrogens (tertiary/aromatic N) is 1. The Kier molecular flexibility index (Phi) is 7.22. The molecule has 0 spiro atoms. The van der Waals surface area contributed by atoms with E-state index in [9.17, 15) is 36.2 Å². The molecule has 2 aromatic carbocycles. The zero-order valence-corrected chi connectivity index (χ0v) is 19.0. The van der Waals surface area contributed by atoms with Gasteiger partial charge in [-0.3, -0.25) is 9.69 Å². The van der Waals surface area contributed by atoms with Crippen LogP contribution in [0.4, 0.5) is 26.3 Å². The van der Waals surface area contributed by atoms with Gasteiger partial charge in [0.1, 0.15) is 11.3 Å². The lowest BCUT2D eigenvalue weighted by Crippen LogP contribution is -2.36. The maximum absolute atomic E-state index is 14.3. The molecular formula is C25H27F6NO3. The molecule has 2 fully saturated rings. The predicted molar refractivity (Wildman–Crippen MR) is 117 cm³/mol. The highest BCUT2D eigenvalue weighted by atomic mass is 19.4. The molecule has 0 atom stereocenters. The zero-order chi connectivity index (χ0) is 25.4. The first kappa shape index (κ1) is 25.6. The maximum atomic E-state index is 14.3. The van der Waals surface area contributed by atoms with Gasteiger partial charge in [-0.15, -0.1) is 0 Å². The number of fused-ring (bicyclic) bond motifs is 1. The van der Waals surface area contributed by atoms with E-state index in [0.29, 0.717) is 36.9 Å². The molecule has 0 amide bonds. The number of halogens is 6. The molecule has 2 aromatic rings. The summed E-state index contributed by atoms with van der Waals surface area (Å²) in [5.74, 6) is -3.12. The molecule has 1 aliphatic heterocycles. The SMILES string of the molecule is O=C(O)C1CCN(Cc2cccc3ccc(O[C@H]4CC[C@@H](C(F)(F)F)CC4)c(C(F)(F)F)c23)CC1. The Morgan fingerprint density at radius 2 is 1.60 bits per heavy atom. The number of alkyl halides is 6. The first-order chi connectivity index (χ1) is 16.4. The summed E-state index contributed by atoms with van der Waals surface area (Å²) in [5.41, 5.74) is -0.459. The van der Waals surface area contributed by atoms with Gasteiger partial charge in [0, 0.05) is 11.9 Å². The molecule has 4 nitrogen and oxygen atoms in total. The van der Waals surface area contributed by atoms with Crippen molar-refractivity contribution in [3.63, 3.8) is 0 Å². The average Bonchev–Trinajstić information content (AvgIpc) is 2.78. The van der Waals surface area contributed by atoms with E-state index in [-0.39, 0.29) is 43.4 Å². The number of ether oxygens (including phenoxy) is 1. The average molecular weight is 503 g/mol. The topological polar surface area (TPSA) is 49.8 Å². The summed E-state index contributed by atoms with van der Waals surface area (Å²) in [6, 6.07) is 7.69. The summed E-state index contributed by atoms with van der Waals surface area (Å²) < 4.78 is 87.6.